The van der Waals surface area contributed by atoms with Crippen LogP contribution in [0.15, 0.2) is 28.7 Å². The molecule has 1 unspecified atom stereocenters. The molecule has 8 heteroatoms. The van der Waals surface area contributed by atoms with E-state index in [4.69, 9.17) is 0 Å². The smallest absolute Gasteiger partial charge is 0.325 e. The quantitative estimate of drug-likeness (QED) is 0.731. The number of nitriles is 1. The lowest BCUT2D eigenvalue weighted by molar-refractivity contribution is -0.135. The Labute approximate surface area is 159 Å². The van der Waals surface area contributed by atoms with Crippen molar-refractivity contribution in [1.82, 2.24) is 15.5 Å². The van der Waals surface area contributed by atoms with Crippen LogP contribution in [0.4, 0.5) is 4.79 Å². The normalized spacial score (nSPS) is 24.3. The molecule has 1 saturated carbocycles. The van der Waals surface area contributed by atoms with Crippen molar-refractivity contribution in [1.29, 1.82) is 5.26 Å². The highest BCUT2D eigenvalue weighted by molar-refractivity contribution is 9.10. The number of rotatable bonds is 4. The molecule has 1 aliphatic heterocycles. The van der Waals surface area contributed by atoms with Crippen molar-refractivity contribution in [2.75, 3.05) is 6.54 Å². The molecule has 136 valence electrons. The van der Waals surface area contributed by atoms with Gasteiger partial charge in [0.25, 0.3) is 5.91 Å². The zero-order valence-electron chi connectivity index (χ0n) is 14.3. The fourth-order valence-corrected chi connectivity index (χ4v) is 3.93. The van der Waals surface area contributed by atoms with Gasteiger partial charge in [-0.25, -0.2) is 4.79 Å². The number of halogens is 1. The number of amides is 4. The summed E-state index contributed by atoms with van der Waals surface area (Å²) in [6.07, 6.45) is 2.92. The van der Waals surface area contributed by atoms with E-state index < -0.39 is 35.5 Å². The summed E-state index contributed by atoms with van der Waals surface area (Å²) in [5.74, 6) is -0.997. The molecule has 1 aromatic rings. The summed E-state index contributed by atoms with van der Waals surface area (Å²) in [6.45, 7) is 1.21. The summed E-state index contributed by atoms with van der Waals surface area (Å²) >= 11 is 3.35. The van der Waals surface area contributed by atoms with E-state index in [0.29, 0.717) is 18.4 Å². The fraction of sp³-hybridized carbons (Fsp3) is 0.444. The monoisotopic (exact) mass is 418 g/mol. The second kappa shape index (κ2) is 6.72. The molecule has 2 aliphatic rings. The van der Waals surface area contributed by atoms with Crippen LogP contribution < -0.4 is 10.6 Å². The topological polar surface area (TPSA) is 102 Å². The first kappa shape index (κ1) is 18.4. The second-order valence-corrected chi connectivity index (χ2v) is 7.82. The standard InChI is InChI=1S/C18H19BrN4O3/c1-17(12-5-4-6-13(19)9-12)15(25)23(16(26)22-17)10-14(24)21-18(11-20)7-2-3-8-18/h4-6,9H,2-3,7-8,10H2,1H3,(H,21,24)(H,22,26). The fourth-order valence-electron chi connectivity index (χ4n) is 3.53. The van der Waals surface area contributed by atoms with E-state index in [0.717, 1.165) is 22.2 Å². The molecular formula is C18H19BrN4O3. The summed E-state index contributed by atoms with van der Waals surface area (Å²) in [7, 11) is 0. The maximum atomic E-state index is 12.9. The summed E-state index contributed by atoms with van der Waals surface area (Å²) in [6, 6.07) is 8.64. The minimum Gasteiger partial charge on any atom is -0.336 e. The average Bonchev–Trinajstić information content (AvgIpc) is 3.15. The first-order chi connectivity index (χ1) is 12.3. The molecule has 3 rings (SSSR count). The summed E-state index contributed by atoms with van der Waals surface area (Å²) in [5.41, 5.74) is -1.50. The van der Waals surface area contributed by atoms with Crippen molar-refractivity contribution in [3.63, 3.8) is 0 Å². The number of benzene rings is 1. The van der Waals surface area contributed by atoms with Gasteiger partial charge in [-0.1, -0.05) is 28.1 Å². The van der Waals surface area contributed by atoms with Crippen LogP contribution in [0.3, 0.4) is 0 Å². The lowest BCUT2D eigenvalue weighted by atomic mass is 9.92. The van der Waals surface area contributed by atoms with Gasteiger partial charge >= 0.3 is 6.03 Å². The number of hydrogen-bond donors (Lipinski definition) is 2. The van der Waals surface area contributed by atoms with Crippen LogP contribution in [-0.4, -0.2) is 34.8 Å². The van der Waals surface area contributed by atoms with Crippen molar-refractivity contribution < 1.29 is 14.4 Å². The van der Waals surface area contributed by atoms with E-state index in [1.165, 1.54) is 0 Å². The summed E-state index contributed by atoms with van der Waals surface area (Å²) in [4.78, 5) is 38.4. The third kappa shape index (κ3) is 3.19. The largest absolute Gasteiger partial charge is 0.336 e. The zero-order valence-corrected chi connectivity index (χ0v) is 15.9. The van der Waals surface area contributed by atoms with E-state index >= 15 is 0 Å². The van der Waals surface area contributed by atoms with Crippen molar-refractivity contribution in [3.05, 3.63) is 34.3 Å². The van der Waals surface area contributed by atoms with Gasteiger partial charge in [0.05, 0.1) is 6.07 Å². The Bertz CT molecular complexity index is 813. The highest BCUT2D eigenvalue weighted by Gasteiger charge is 2.50. The van der Waals surface area contributed by atoms with Gasteiger partial charge in [0.1, 0.15) is 17.6 Å². The molecule has 1 saturated heterocycles. The number of carbonyl (C=O) groups excluding carboxylic acids is 3. The van der Waals surface area contributed by atoms with Crippen LogP contribution >= 0.6 is 15.9 Å². The Kier molecular flexibility index (Phi) is 4.76. The number of nitrogens with one attached hydrogen (secondary N) is 2. The molecular weight excluding hydrogens is 400 g/mol. The predicted molar refractivity (Wildman–Crippen MR) is 96.7 cm³/mol. The van der Waals surface area contributed by atoms with E-state index in [-0.39, 0.29) is 0 Å². The predicted octanol–water partition coefficient (Wildman–Crippen LogP) is 2.17. The summed E-state index contributed by atoms with van der Waals surface area (Å²) < 4.78 is 0.784. The van der Waals surface area contributed by atoms with Gasteiger partial charge in [0.15, 0.2) is 0 Å². The van der Waals surface area contributed by atoms with E-state index in [1.807, 2.05) is 6.07 Å². The third-order valence-corrected chi connectivity index (χ3v) is 5.52. The van der Waals surface area contributed by atoms with Gasteiger partial charge < -0.3 is 10.6 Å². The van der Waals surface area contributed by atoms with Gasteiger partial charge in [-0.2, -0.15) is 5.26 Å². The van der Waals surface area contributed by atoms with Crippen LogP contribution in [0.1, 0.15) is 38.2 Å². The minimum absolute atomic E-state index is 0.405. The van der Waals surface area contributed by atoms with Crippen molar-refractivity contribution in [2.24, 2.45) is 0 Å². The molecule has 7 nitrogen and oxygen atoms in total. The van der Waals surface area contributed by atoms with Crippen LogP contribution in [0.25, 0.3) is 0 Å². The highest BCUT2D eigenvalue weighted by atomic mass is 79.9. The van der Waals surface area contributed by atoms with Crippen molar-refractivity contribution in [2.45, 2.75) is 43.7 Å². The van der Waals surface area contributed by atoms with Gasteiger partial charge in [0, 0.05) is 4.47 Å². The molecule has 1 atom stereocenters. The Balaban J connectivity index is 1.75. The SMILES string of the molecule is CC1(c2cccc(Br)c2)NC(=O)N(CC(=O)NC2(C#N)CCCC2)C1=O. The molecule has 1 aromatic carbocycles. The van der Waals surface area contributed by atoms with Crippen LogP contribution in [0.2, 0.25) is 0 Å². The van der Waals surface area contributed by atoms with Gasteiger partial charge in [0.2, 0.25) is 5.91 Å². The number of nitrogens with zero attached hydrogens (tertiary/aromatic N) is 2. The van der Waals surface area contributed by atoms with Crippen LogP contribution in [-0.2, 0) is 15.1 Å². The first-order valence-electron chi connectivity index (χ1n) is 8.42. The highest BCUT2D eigenvalue weighted by Crippen LogP contribution is 2.31. The molecule has 2 N–H and O–H groups in total. The second-order valence-electron chi connectivity index (χ2n) is 6.91. The van der Waals surface area contributed by atoms with E-state index in [2.05, 4.69) is 32.6 Å². The minimum atomic E-state index is -1.23. The Morgan fingerprint density at radius 1 is 1.38 bits per heavy atom. The van der Waals surface area contributed by atoms with Crippen LogP contribution in [0.5, 0.6) is 0 Å². The Morgan fingerprint density at radius 3 is 2.69 bits per heavy atom. The molecule has 2 fully saturated rings. The van der Waals surface area contributed by atoms with Gasteiger partial charge in [-0.15, -0.1) is 0 Å². The lowest BCUT2D eigenvalue weighted by Gasteiger charge is -2.24. The molecule has 0 spiro atoms. The van der Waals surface area contributed by atoms with Crippen LogP contribution in [0, 0.1) is 11.3 Å². The molecule has 26 heavy (non-hydrogen) atoms. The molecule has 0 aromatic heterocycles. The Morgan fingerprint density at radius 2 is 2.08 bits per heavy atom. The van der Waals surface area contributed by atoms with Gasteiger partial charge in [-0.05, 0) is 50.3 Å². The number of hydrogen-bond acceptors (Lipinski definition) is 4. The summed E-state index contributed by atoms with van der Waals surface area (Å²) in [5, 5.41) is 14.7. The maximum absolute atomic E-state index is 12.9. The maximum Gasteiger partial charge on any atom is 0.325 e. The first-order valence-corrected chi connectivity index (χ1v) is 9.21. The Hall–Kier alpha value is -2.40. The van der Waals surface area contributed by atoms with Gasteiger partial charge in [-0.3, -0.25) is 14.5 Å². The average molecular weight is 419 g/mol. The van der Waals surface area contributed by atoms with Crippen molar-refractivity contribution >= 4 is 33.8 Å². The molecule has 0 bridgehead atoms. The van der Waals surface area contributed by atoms with Crippen molar-refractivity contribution in [3.8, 4) is 6.07 Å². The van der Waals surface area contributed by atoms with E-state index in [1.54, 1.807) is 25.1 Å². The number of urea groups is 1. The lowest BCUT2D eigenvalue weighted by Crippen LogP contribution is -2.50. The zero-order chi connectivity index (χ0) is 18.9. The molecule has 4 amide bonds. The molecule has 1 aliphatic carbocycles. The van der Waals surface area contributed by atoms with E-state index in [9.17, 15) is 19.6 Å². The third-order valence-electron chi connectivity index (χ3n) is 5.03. The number of imide groups is 1. The molecule has 0 radical (unpaired) electrons. The number of carbonyl (C=O) groups is 3. The molecule has 1 heterocycles.